The highest BCUT2D eigenvalue weighted by Gasteiger charge is 2.14. The summed E-state index contributed by atoms with van der Waals surface area (Å²) in [6.07, 6.45) is 1.94. The van der Waals surface area contributed by atoms with E-state index in [1.165, 1.54) is 11.1 Å². The Balaban J connectivity index is 2.08. The smallest absolute Gasteiger partial charge is 0.126 e. The molecule has 2 aromatic rings. The van der Waals surface area contributed by atoms with Crippen molar-refractivity contribution in [2.45, 2.75) is 39.2 Å². The predicted molar refractivity (Wildman–Crippen MR) is 86.4 cm³/mol. The zero-order valence-electron chi connectivity index (χ0n) is 12.4. The molecule has 1 unspecified atom stereocenters. The van der Waals surface area contributed by atoms with Crippen LogP contribution < -0.4 is 5.32 Å². The molecule has 1 N–H and O–H groups in total. The van der Waals surface area contributed by atoms with Crippen LogP contribution in [-0.4, -0.2) is 4.98 Å². The summed E-state index contributed by atoms with van der Waals surface area (Å²) in [5.41, 5.74) is 2.56. The van der Waals surface area contributed by atoms with Gasteiger partial charge < -0.3 is 5.32 Å². The van der Waals surface area contributed by atoms with Gasteiger partial charge in [-0.25, -0.2) is 4.98 Å². The molecule has 2 nitrogen and oxygen atoms in total. The number of benzene rings is 1. The first-order valence-corrected chi connectivity index (χ1v) is 7.22. The second kappa shape index (κ2) is 5.84. The Bertz CT molecular complexity index is 553. The molecule has 1 aromatic carbocycles. The fraction of sp³-hybridized carbons (Fsp3) is 0.353. The molecule has 0 aliphatic carbocycles. The molecule has 1 atom stereocenters. The SMILES string of the molecule is CC(Nc1ccc(C(C)(C)C)cn1)c1ccc(Cl)cc1. The molecule has 0 saturated heterocycles. The molecule has 0 saturated carbocycles. The lowest BCUT2D eigenvalue weighted by Gasteiger charge is -2.20. The molecule has 1 heterocycles. The first kappa shape index (κ1) is 14.9. The highest BCUT2D eigenvalue weighted by Crippen LogP contribution is 2.24. The van der Waals surface area contributed by atoms with Gasteiger partial charge in [-0.05, 0) is 41.7 Å². The Labute approximate surface area is 126 Å². The maximum Gasteiger partial charge on any atom is 0.126 e. The van der Waals surface area contributed by atoms with E-state index in [0.717, 1.165) is 10.8 Å². The summed E-state index contributed by atoms with van der Waals surface area (Å²) < 4.78 is 0. The van der Waals surface area contributed by atoms with Crippen molar-refractivity contribution in [3.63, 3.8) is 0 Å². The van der Waals surface area contributed by atoms with Crippen LogP contribution in [0.2, 0.25) is 5.02 Å². The van der Waals surface area contributed by atoms with Gasteiger partial charge in [-0.2, -0.15) is 0 Å². The molecular weight excluding hydrogens is 268 g/mol. The molecule has 1 aromatic heterocycles. The van der Waals surface area contributed by atoms with Gasteiger partial charge in [-0.15, -0.1) is 0 Å². The van der Waals surface area contributed by atoms with E-state index >= 15 is 0 Å². The lowest BCUT2D eigenvalue weighted by atomic mass is 9.88. The number of hydrogen-bond acceptors (Lipinski definition) is 2. The van der Waals surface area contributed by atoms with Crippen LogP contribution in [0.25, 0.3) is 0 Å². The number of nitrogens with one attached hydrogen (secondary N) is 1. The summed E-state index contributed by atoms with van der Waals surface area (Å²) in [5.74, 6) is 0.889. The van der Waals surface area contributed by atoms with Crippen LogP contribution in [0.4, 0.5) is 5.82 Å². The van der Waals surface area contributed by atoms with Crippen molar-refractivity contribution >= 4 is 17.4 Å². The maximum absolute atomic E-state index is 5.90. The molecule has 0 radical (unpaired) electrons. The van der Waals surface area contributed by atoms with E-state index in [-0.39, 0.29) is 11.5 Å². The Kier molecular flexibility index (Phi) is 4.34. The highest BCUT2D eigenvalue weighted by atomic mass is 35.5. The van der Waals surface area contributed by atoms with Gasteiger partial charge in [0.1, 0.15) is 5.82 Å². The molecule has 3 heteroatoms. The highest BCUT2D eigenvalue weighted by molar-refractivity contribution is 6.30. The molecule has 0 fully saturated rings. The topological polar surface area (TPSA) is 24.9 Å². The maximum atomic E-state index is 5.90. The fourth-order valence-corrected chi connectivity index (χ4v) is 2.11. The summed E-state index contributed by atoms with van der Waals surface area (Å²) in [4.78, 5) is 4.49. The first-order valence-electron chi connectivity index (χ1n) is 6.85. The lowest BCUT2D eigenvalue weighted by Crippen LogP contribution is -2.12. The summed E-state index contributed by atoms with van der Waals surface area (Å²) >= 11 is 5.90. The number of halogens is 1. The van der Waals surface area contributed by atoms with Gasteiger partial charge >= 0.3 is 0 Å². The van der Waals surface area contributed by atoms with E-state index < -0.39 is 0 Å². The van der Waals surface area contributed by atoms with Crippen LogP contribution in [0.15, 0.2) is 42.6 Å². The fourth-order valence-electron chi connectivity index (χ4n) is 1.98. The minimum Gasteiger partial charge on any atom is -0.364 e. The quantitative estimate of drug-likeness (QED) is 0.839. The number of aromatic nitrogens is 1. The van der Waals surface area contributed by atoms with Crippen LogP contribution in [-0.2, 0) is 5.41 Å². The minimum atomic E-state index is 0.132. The van der Waals surface area contributed by atoms with Gasteiger partial charge in [0.25, 0.3) is 0 Å². The van der Waals surface area contributed by atoms with Crippen molar-refractivity contribution < 1.29 is 0 Å². The van der Waals surface area contributed by atoms with E-state index in [0.29, 0.717) is 0 Å². The molecule has 0 spiro atoms. The van der Waals surface area contributed by atoms with Crippen molar-refractivity contribution in [3.05, 3.63) is 58.7 Å². The summed E-state index contributed by atoms with van der Waals surface area (Å²) in [6.45, 7) is 8.68. The van der Waals surface area contributed by atoms with Gasteiger partial charge in [0.05, 0.1) is 0 Å². The molecule has 0 amide bonds. The van der Waals surface area contributed by atoms with Crippen LogP contribution in [0.3, 0.4) is 0 Å². The molecular formula is C17H21ClN2. The van der Waals surface area contributed by atoms with E-state index in [4.69, 9.17) is 11.6 Å². The number of anilines is 1. The second-order valence-corrected chi connectivity index (χ2v) is 6.54. The Hall–Kier alpha value is -1.54. The Morgan fingerprint density at radius 1 is 1.05 bits per heavy atom. The Morgan fingerprint density at radius 3 is 2.20 bits per heavy atom. The van der Waals surface area contributed by atoms with E-state index in [1.807, 2.05) is 36.5 Å². The Morgan fingerprint density at radius 2 is 1.70 bits per heavy atom. The van der Waals surface area contributed by atoms with Crippen LogP contribution in [0.5, 0.6) is 0 Å². The van der Waals surface area contributed by atoms with E-state index in [1.54, 1.807) is 0 Å². The normalized spacial score (nSPS) is 13.1. The summed E-state index contributed by atoms with van der Waals surface area (Å²) in [5, 5.41) is 4.16. The molecule has 0 aliphatic heterocycles. The average molecular weight is 289 g/mol. The van der Waals surface area contributed by atoms with Crippen molar-refractivity contribution in [2.24, 2.45) is 0 Å². The van der Waals surface area contributed by atoms with Gasteiger partial charge in [0, 0.05) is 17.3 Å². The number of nitrogens with zero attached hydrogens (tertiary/aromatic N) is 1. The van der Waals surface area contributed by atoms with Gasteiger partial charge in [0.2, 0.25) is 0 Å². The molecule has 0 aliphatic rings. The second-order valence-electron chi connectivity index (χ2n) is 6.10. The molecule has 20 heavy (non-hydrogen) atoms. The molecule has 0 bridgehead atoms. The average Bonchev–Trinajstić information content (AvgIpc) is 2.39. The zero-order valence-corrected chi connectivity index (χ0v) is 13.2. The van der Waals surface area contributed by atoms with Gasteiger partial charge in [-0.3, -0.25) is 0 Å². The number of pyridine rings is 1. The van der Waals surface area contributed by atoms with Crippen molar-refractivity contribution in [1.82, 2.24) is 4.98 Å². The van der Waals surface area contributed by atoms with Gasteiger partial charge in [0.15, 0.2) is 0 Å². The summed E-state index contributed by atoms with van der Waals surface area (Å²) in [6, 6.07) is 12.2. The predicted octanol–water partition coefficient (Wildman–Crippen LogP) is 5.21. The lowest BCUT2D eigenvalue weighted by molar-refractivity contribution is 0.587. The van der Waals surface area contributed by atoms with Gasteiger partial charge in [-0.1, -0.05) is 50.6 Å². The molecule has 106 valence electrons. The number of hydrogen-bond donors (Lipinski definition) is 1. The van der Waals surface area contributed by atoms with Crippen molar-refractivity contribution in [3.8, 4) is 0 Å². The first-order chi connectivity index (χ1) is 9.36. The number of rotatable bonds is 3. The largest absolute Gasteiger partial charge is 0.364 e. The van der Waals surface area contributed by atoms with Crippen LogP contribution >= 0.6 is 11.6 Å². The zero-order chi connectivity index (χ0) is 14.8. The van der Waals surface area contributed by atoms with Crippen molar-refractivity contribution in [2.75, 3.05) is 5.32 Å². The monoisotopic (exact) mass is 288 g/mol. The third kappa shape index (κ3) is 3.73. The standard InChI is InChI=1S/C17H21ClN2/c1-12(13-5-8-15(18)9-6-13)20-16-10-7-14(11-19-16)17(2,3)4/h5-12H,1-4H3,(H,19,20). The van der Waals surface area contributed by atoms with E-state index in [2.05, 4.69) is 44.1 Å². The molecule has 2 rings (SSSR count). The van der Waals surface area contributed by atoms with Crippen LogP contribution in [0.1, 0.15) is 44.9 Å². The van der Waals surface area contributed by atoms with Crippen LogP contribution in [0, 0.1) is 0 Å². The third-order valence-corrected chi connectivity index (χ3v) is 3.62. The van der Waals surface area contributed by atoms with Crippen molar-refractivity contribution in [1.29, 1.82) is 0 Å². The minimum absolute atomic E-state index is 0.132. The third-order valence-electron chi connectivity index (χ3n) is 3.36. The van der Waals surface area contributed by atoms with E-state index in [9.17, 15) is 0 Å². The summed E-state index contributed by atoms with van der Waals surface area (Å²) in [7, 11) is 0.